The highest BCUT2D eigenvalue weighted by Crippen LogP contribution is 2.35. The predicted octanol–water partition coefficient (Wildman–Crippen LogP) is 1.87. The van der Waals surface area contributed by atoms with Gasteiger partial charge in [0, 0.05) is 11.8 Å². The molecule has 0 spiro atoms. The first-order valence-electron chi connectivity index (χ1n) is 5.22. The van der Waals surface area contributed by atoms with Crippen molar-refractivity contribution in [3.05, 3.63) is 0 Å². The van der Waals surface area contributed by atoms with E-state index in [0.29, 0.717) is 11.8 Å². The summed E-state index contributed by atoms with van der Waals surface area (Å²) in [6.45, 7) is 6.28. The van der Waals surface area contributed by atoms with Crippen molar-refractivity contribution >= 4 is 5.78 Å². The Morgan fingerprint density at radius 1 is 1.46 bits per heavy atom. The van der Waals surface area contributed by atoms with E-state index in [1.54, 1.807) is 0 Å². The van der Waals surface area contributed by atoms with Crippen molar-refractivity contribution < 1.29 is 9.90 Å². The van der Waals surface area contributed by atoms with Crippen molar-refractivity contribution in [3.8, 4) is 0 Å². The number of rotatable bonds is 2. The van der Waals surface area contributed by atoms with E-state index in [9.17, 15) is 9.90 Å². The summed E-state index contributed by atoms with van der Waals surface area (Å²) in [5.74, 6) is 1.24. The maximum atomic E-state index is 11.7. The van der Waals surface area contributed by atoms with E-state index < -0.39 is 0 Å². The zero-order valence-corrected chi connectivity index (χ0v) is 8.79. The first-order chi connectivity index (χ1) is 6.07. The largest absolute Gasteiger partial charge is 0.396 e. The standard InChI is InChI=1S/C11H20O2/c1-7(2)9-5-4-8(3)11(13)10(9)6-12/h7-10,12H,4-6H2,1-3H3/t8-,9+,10-/m1/s1. The fraction of sp³-hybridized carbons (Fsp3) is 0.909. The zero-order chi connectivity index (χ0) is 10.0. The minimum atomic E-state index is -0.0938. The first kappa shape index (κ1) is 10.7. The van der Waals surface area contributed by atoms with Gasteiger partial charge < -0.3 is 5.11 Å². The van der Waals surface area contributed by atoms with Crippen molar-refractivity contribution in [2.45, 2.75) is 33.6 Å². The van der Waals surface area contributed by atoms with Crippen LogP contribution in [0.3, 0.4) is 0 Å². The second-order valence-corrected chi connectivity index (χ2v) is 4.58. The molecule has 1 rings (SSSR count). The molecule has 0 saturated heterocycles. The van der Waals surface area contributed by atoms with Crippen molar-refractivity contribution in [1.82, 2.24) is 0 Å². The van der Waals surface area contributed by atoms with Gasteiger partial charge in [0.1, 0.15) is 5.78 Å². The molecule has 3 atom stereocenters. The molecule has 76 valence electrons. The minimum Gasteiger partial charge on any atom is -0.396 e. The van der Waals surface area contributed by atoms with Crippen molar-refractivity contribution in [3.63, 3.8) is 0 Å². The molecular weight excluding hydrogens is 164 g/mol. The molecule has 1 N–H and O–H groups in total. The molecule has 1 saturated carbocycles. The van der Waals surface area contributed by atoms with Gasteiger partial charge in [0.05, 0.1) is 6.61 Å². The smallest absolute Gasteiger partial charge is 0.141 e. The summed E-state index contributed by atoms with van der Waals surface area (Å²) in [4.78, 5) is 11.7. The van der Waals surface area contributed by atoms with E-state index in [4.69, 9.17) is 0 Å². The Balaban J connectivity index is 2.72. The van der Waals surface area contributed by atoms with Crippen LogP contribution in [0.5, 0.6) is 0 Å². The molecule has 13 heavy (non-hydrogen) atoms. The van der Waals surface area contributed by atoms with E-state index in [-0.39, 0.29) is 24.2 Å². The van der Waals surface area contributed by atoms with Crippen LogP contribution in [0.2, 0.25) is 0 Å². The van der Waals surface area contributed by atoms with Crippen LogP contribution in [0.1, 0.15) is 33.6 Å². The van der Waals surface area contributed by atoms with Gasteiger partial charge in [0.25, 0.3) is 0 Å². The molecule has 0 heterocycles. The van der Waals surface area contributed by atoms with E-state index in [1.807, 2.05) is 6.92 Å². The van der Waals surface area contributed by atoms with E-state index in [0.717, 1.165) is 12.8 Å². The van der Waals surface area contributed by atoms with Gasteiger partial charge in [-0.05, 0) is 24.7 Å². The number of ketones is 1. The zero-order valence-electron chi connectivity index (χ0n) is 8.79. The molecule has 1 fully saturated rings. The third-order valence-corrected chi connectivity index (χ3v) is 3.35. The summed E-state index contributed by atoms with van der Waals surface area (Å²) >= 11 is 0. The number of aliphatic hydroxyl groups is 1. The first-order valence-corrected chi connectivity index (χ1v) is 5.22. The Kier molecular flexibility index (Phi) is 3.48. The molecular formula is C11H20O2. The van der Waals surface area contributed by atoms with Gasteiger partial charge in [-0.25, -0.2) is 0 Å². The molecule has 0 aromatic carbocycles. The highest BCUT2D eigenvalue weighted by atomic mass is 16.3. The number of carbonyl (C=O) groups is 1. The van der Waals surface area contributed by atoms with Crippen molar-refractivity contribution in [2.24, 2.45) is 23.7 Å². The van der Waals surface area contributed by atoms with Crippen LogP contribution < -0.4 is 0 Å². The monoisotopic (exact) mass is 184 g/mol. The quantitative estimate of drug-likeness (QED) is 0.711. The van der Waals surface area contributed by atoms with Crippen LogP contribution in [0.25, 0.3) is 0 Å². The Morgan fingerprint density at radius 2 is 2.08 bits per heavy atom. The fourth-order valence-electron chi connectivity index (χ4n) is 2.39. The number of Topliss-reactive ketones (excluding diaryl/α,β-unsaturated/α-hetero) is 1. The summed E-state index contributed by atoms with van der Waals surface area (Å²) in [5, 5.41) is 9.18. The Labute approximate surface area is 80.3 Å². The minimum absolute atomic E-state index is 0.0337. The Hall–Kier alpha value is -0.370. The lowest BCUT2D eigenvalue weighted by molar-refractivity contribution is -0.133. The lowest BCUT2D eigenvalue weighted by atomic mass is 9.69. The number of aliphatic hydroxyl groups excluding tert-OH is 1. The molecule has 2 heteroatoms. The fourth-order valence-corrected chi connectivity index (χ4v) is 2.39. The van der Waals surface area contributed by atoms with E-state index >= 15 is 0 Å². The molecule has 1 aliphatic rings. The van der Waals surface area contributed by atoms with Crippen LogP contribution in [0, 0.1) is 23.7 Å². The van der Waals surface area contributed by atoms with Crippen LogP contribution in [0.4, 0.5) is 0 Å². The maximum Gasteiger partial charge on any atom is 0.141 e. The molecule has 0 unspecified atom stereocenters. The Bertz CT molecular complexity index is 187. The normalized spacial score (nSPS) is 35.5. The van der Waals surface area contributed by atoms with Gasteiger partial charge in [-0.15, -0.1) is 0 Å². The summed E-state index contributed by atoms with van der Waals surface area (Å²) in [6.07, 6.45) is 2.09. The molecule has 0 aliphatic heterocycles. The molecule has 0 bridgehead atoms. The SMILES string of the molecule is CC(C)[C@@H]1CC[C@@H](C)C(=O)[C@@H]1CO. The van der Waals surface area contributed by atoms with Gasteiger partial charge in [-0.1, -0.05) is 20.8 Å². The van der Waals surface area contributed by atoms with Crippen LogP contribution in [-0.2, 0) is 4.79 Å². The van der Waals surface area contributed by atoms with Crippen LogP contribution >= 0.6 is 0 Å². The van der Waals surface area contributed by atoms with Crippen LogP contribution in [-0.4, -0.2) is 17.5 Å². The average Bonchev–Trinajstić information content (AvgIpc) is 2.09. The van der Waals surface area contributed by atoms with Gasteiger partial charge in [0.2, 0.25) is 0 Å². The van der Waals surface area contributed by atoms with E-state index in [2.05, 4.69) is 13.8 Å². The van der Waals surface area contributed by atoms with Gasteiger partial charge in [0.15, 0.2) is 0 Å². The molecule has 0 aromatic rings. The third-order valence-electron chi connectivity index (χ3n) is 3.35. The number of hydrogen-bond donors (Lipinski definition) is 1. The third kappa shape index (κ3) is 2.11. The second-order valence-electron chi connectivity index (χ2n) is 4.58. The number of hydrogen-bond acceptors (Lipinski definition) is 2. The topological polar surface area (TPSA) is 37.3 Å². The highest BCUT2D eigenvalue weighted by Gasteiger charge is 2.36. The summed E-state index contributed by atoms with van der Waals surface area (Å²) in [5.41, 5.74) is 0. The maximum absolute atomic E-state index is 11.7. The lowest BCUT2D eigenvalue weighted by Crippen LogP contribution is -2.38. The average molecular weight is 184 g/mol. The molecule has 0 amide bonds. The summed E-state index contributed by atoms with van der Waals surface area (Å²) < 4.78 is 0. The lowest BCUT2D eigenvalue weighted by Gasteiger charge is -2.34. The predicted molar refractivity (Wildman–Crippen MR) is 52.3 cm³/mol. The van der Waals surface area contributed by atoms with Gasteiger partial charge in [-0.2, -0.15) is 0 Å². The van der Waals surface area contributed by atoms with Crippen molar-refractivity contribution in [2.75, 3.05) is 6.61 Å². The summed E-state index contributed by atoms with van der Waals surface area (Å²) in [7, 11) is 0. The number of carbonyl (C=O) groups excluding carboxylic acids is 1. The molecule has 2 nitrogen and oxygen atoms in total. The summed E-state index contributed by atoms with van der Waals surface area (Å²) in [6, 6.07) is 0. The molecule has 0 radical (unpaired) electrons. The molecule has 0 aromatic heterocycles. The van der Waals surface area contributed by atoms with Crippen molar-refractivity contribution in [1.29, 1.82) is 0 Å². The highest BCUT2D eigenvalue weighted by molar-refractivity contribution is 5.84. The molecule has 1 aliphatic carbocycles. The second kappa shape index (κ2) is 4.23. The van der Waals surface area contributed by atoms with Gasteiger partial charge >= 0.3 is 0 Å². The Morgan fingerprint density at radius 3 is 2.54 bits per heavy atom. The van der Waals surface area contributed by atoms with Crippen LogP contribution in [0.15, 0.2) is 0 Å². The van der Waals surface area contributed by atoms with E-state index in [1.165, 1.54) is 0 Å². The van der Waals surface area contributed by atoms with Gasteiger partial charge in [-0.3, -0.25) is 4.79 Å².